The molecule has 7 rings (SSSR count). The average Bonchev–Trinajstić information content (AvgIpc) is 3.92. The average molecular weight is 1000 g/mol. The predicted octanol–water partition coefficient (Wildman–Crippen LogP) is 6.95. The van der Waals surface area contributed by atoms with Gasteiger partial charge in [0.25, 0.3) is 5.91 Å². The summed E-state index contributed by atoms with van der Waals surface area (Å²) in [6.45, 7) is 19.3. The molecule has 3 aromatic heterocycles. The minimum Gasteiger partial charge on any atom is -0.463 e. The van der Waals surface area contributed by atoms with E-state index in [0.717, 1.165) is 50.7 Å². The van der Waals surface area contributed by atoms with Gasteiger partial charge in [-0.05, 0) is 88.1 Å². The van der Waals surface area contributed by atoms with Crippen molar-refractivity contribution in [1.29, 1.82) is 0 Å². The number of likely N-dealkylation sites (N-methyl/N-ethyl adjacent to an activating group) is 1. The molecule has 16 nitrogen and oxygen atoms in total. The van der Waals surface area contributed by atoms with Crippen molar-refractivity contribution in [3.63, 3.8) is 0 Å². The van der Waals surface area contributed by atoms with Gasteiger partial charge in [-0.2, -0.15) is 0 Å². The lowest BCUT2D eigenvalue weighted by atomic mass is 9.84. The largest absolute Gasteiger partial charge is 0.463 e. The molecule has 6 heterocycles. The van der Waals surface area contributed by atoms with Crippen LogP contribution in [0.4, 0.5) is 4.79 Å². The summed E-state index contributed by atoms with van der Waals surface area (Å²) in [4.78, 5) is 82.6. The Morgan fingerprint density at radius 2 is 1.91 bits per heavy atom. The Hall–Kier alpha value is -4.95. The number of pyridine rings is 1. The SMILES string of the molecule is C=CC(=O)N1CCN(C(=O)N(C)C(C(=O)N[C@@]2(SC)Cc3nc(cs3)-c3ccc4c(c3)c(c(-c3cccnc3[C@H](C)OC)n4CC)CC(C)(C)COC(=O)[C@@]3(S)CCCN(N3)C2=O)C(C)C)C[C@@H]1C. The number of amides is 5. The minimum absolute atomic E-state index is 0.00953. The van der Waals surface area contributed by atoms with E-state index in [1.807, 2.05) is 39.1 Å². The summed E-state index contributed by atoms with van der Waals surface area (Å²) in [6.07, 6.45) is 5.76. The van der Waals surface area contributed by atoms with Gasteiger partial charge in [0, 0.05) is 98.4 Å². The number of ether oxygens (including phenoxy) is 2. The van der Waals surface area contributed by atoms with Gasteiger partial charge < -0.3 is 34.1 Å². The molecule has 372 valence electrons. The number of fused-ring (bicyclic) bond motifs is 6. The Bertz CT molecular complexity index is 2620. The van der Waals surface area contributed by atoms with Crippen LogP contribution in [0.3, 0.4) is 0 Å². The van der Waals surface area contributed by atoms with E-state index in [9.17, 15) is 19.2 Å². The van der Waals surface area contributed by atoms with Gasteiger partial charge in [-0.3, -0.25) is 24.4 Å². The van der Waals surface area contributed by atoms with Gasteiger partial charge in [0.2, 0.25) is 11.8 Å². The Kier molecular flexibility index (Phi) is 15.6. The van der Waals surface area contributed by atoms with Gasteiger partial charge in [0.05, 0.1) is 34.8 Å². The summed E-state index contributed by atoms with van der Waals surface area (Å²) in [5, 5.41) is 8.10. The molecule has 6 bridgehead atoms. The number of esters is 1. The lowest BCUT2D eigenvalue weighted by Crippen LogP contribution is -2.69. The number of aromatic nitrogens is 3. The van der Waals surface area contributed by atoms with Gasteiger partial charge in [0.15, 0.2) is 9.74 Å². The van der Waals surface area contributed by atoms with Gasteiger partial charge >= 0.3 is 12.0 Å². The molecule has 1 aromatic carbocycles. The highest BCUT2D eigenvalue weighted by Gasteiger charge is 2.50. The zero-order valence-corrected chi connectivity index (χ0v) is 44.0. The number of cyclic esters (lactones) is 1. The molecule has 69 heavy (non-hydrogen) atoms. The predicted molar refractivity (Wildman–Crippen MR) is 274 cm³/mol. The van der Waals surface area contributed by atoms with Crippen molar-refractivity contribution in [1.82, 2.24) is 45.0 Å². The molecule has 3 aliphatic heterocycles. The number of methoxy groups -OCH3 is 1. The fourth-order valence-corrected chi connectivity index (χ4v) is 12.0. The Morgan fingerprint density at radius 1 is 1.16 bits per heavy atom. The van der Waals surface area contributed by atoms with Crippen molar-refractivity contribution in [3.8, 4) is 22.5 Å². The van der Waals surface area contributed by atoms with E-state index in [2.05, 4.69) is 66.9 Å². The standard InChI is InChI=1S/C50H67N9O7S3/c1-12-40(60)58-23-22-56(27-31(58)5)47(64)55(9)42(30(3)4)44(61)53-50(68-11)26-39-52-37(28-69-39)33-17-18-38-35(24-33)36(43(57(38)13-2)34-16-14-20-51-41(34)32(6)65-10)25-48(7,8)29-66-46(63)49(67)19-15-21-59(54-49)45(50)62/h12,14,16-18,20,24,28,30-32,42,54,67H,1,13,15,19,21-23,25-27,29H2,2-11H3,(H,53,61)/t31-,32-,42?,49-,50+/m0/s1. The molecule has 19 heteroatoms. The number of thiol groups is 1. The lowest BCUT2D eigenvalue weighted by molar-refractivity contribution is -0.158. The summed E-state index contributed by atoms with van der Waals surface area (Å²) in [7, 11) is 3.27. The highest BCUT2D eigenvalue weighted by molar-refractivity contribution is 8.00. The fraction of sp³-hybridized carbons (Fsp3) is 0.540. The number of hydrogen-bond donors (Lipinski definition) is 3. The molecule has 4 aromatic rings. The van der Waals surface area contributed by atoms with Crippen molar-refractivity contribution in [2.45, 2.75) is 109 Å². The summed E-state index contributed by atoms with van der Waals surface area (Å²) >= 11 is 7.44. The zero-order chi connectivity index (χ0) is 50.2. The number of piperazine rings is 1. The van der Waals surface area contributed by atoms with Crippen molar-refractivity contribution in [2.75, 3.05) is 53.2 Å². The molecule has 2 fully saturated rings. The van der Waals surface area contributed by atoms with Crippen LogP contribution in [0.25, 0.3) is 33.4 Å². The van der Waals surface area contributed by atoms with E-state index in [0.29, 0.717) is 36.6 Å². The van der Waals surface area contributed by atoms with E-state index >= 15 is 4.79 Å². The third kappa shape index (κ3) is 10.3. The number of thiazole rings is 1. The first kappa shape index (κ1) is 51.9. The number of hydrazine groups is 1. The monoisotopic (exact) mass is 1000 g/mol. The molecule has 0 aliphatic carbocycles. The Morgan fingerprint density at radius 3 is 2.58 bits per heavy atom. The van der Waals surface area contributed by atoms with Gasteiger partial charge in [-0.15, -0.1) is 35.7 Å². The lowest BCUT2D eigenvalue weighted by Gasteiger charge is -2.44. The number of carbonyl (C=O) groups is 5. The van der Waals surface area contributed by atoms with Crippen LogP contribution in [-0.2, 0) is 48.0 Å². The molecule has 2 N–H and O–H groups in total. The second kappa shape index (κ2) is 20.8. The van der Waals surface area contributed by atoms with E-state index in [-0.39, 0.29) is 69.1 Å². The Labute approximate surface area is 419 Å². The fourth-order valence-electron chi connectivity index (χ4n) is 9.95. The van der Waals surface area contributed by atoms with E-state index in [1.54, 1.807) is 36.4 Å². The molecule has 5 amide bonds. The number of hydrogen-bond acceptors (Lipinski definition) is 13. The van der Waals surface area contributed by atoms with E-state index in [4.69, 9.17) is 32.1 Å². The molecular formula is C50H67N9O7S3. The number of urea groups is 1. The topological polar surface area (TPSA) is 172 Å². The molecule has 0 spiro atoms. The normalized spacial score (nSPS) is 23.0. The van der Waals surface area contributed by atoms with Crippen LogP contribution in [0.15, 0.2) is 54.6 Å². The first-order valence-corrected chi connectivity index (χ1v) is 26.2. The van der Waals surface area contributed by atoms with Gasteiger partial charge in [-0.25, -0.2) is 20.0 Å². The summed E-state index contributed by atoms with van der Waals surface area (Å²) in [5.41, 5.74) is 9.03. The smallest absolute Gasteiger partial charge is 0.338 e. The number of nitrogens with zero attached hydrogens (tertiary/aromatic N) is 7. The molecule has 3 aliphatic rings. The number of carbonyl (C=O) groups excluding carboxylic acids is 5. The third-order valence-corrected chi connectivity index (χ3v) is 16.1. The van der Waals surface area contributed by atoms with Crippen LogP contribution in [0, 0.1) is 11.3 Å². The maximum absolute atomic E-state index is 15.3. The van der Waals surface area contributed by atoms with Crippen LogP contribution < -0.4 is 10.7 Å². The van der Waals surface area contributed by atoms with Crippen molar-refractivity contribution >= 4 is 76.4 Å². The quantitative estimate of drug-likeness (QED) is 0.0651. The zero-order valence-electron chi connectivity index (χ0n) is 41.5. The molecular weight excluding hydrogens is 935 g/mol. The number of nitrogens with one attached hydrogen (secondary N) is 2. The number of benzene rings is 1. The third-order valence-electron chi connectivity index (χ3n) is 13.6. The summed E-state index contributed by atoms with van der Waals surface area (Å²) in [5.74, 6) is -2.22. The maximum Gasteiger partial charge on any atom is 0.338 e. The first-order chi connectivity index (χ1) is 32.7. The van der Waals surface area contributed by atoms with Crippen LogP contribution in [-0.4, -0.2) is 139 Å². The molecule has 2 saturated heterocycles. The number of rotatable bonds is 10. The van der Waals surface area contributed by atoms with Gasteiger partial charge in [0.1, 0.15) is 6.04 Å². The minimum atomic E-state index is -1.66. The highest BCUT2D eigenvalue weighted by Crippen LogP contribution is 2.43. The van der Waals surface area contributed by atoms with E-state index < -0.39 is 39.0 Å². The molecule has 0 radical (unpaired) electrons. The van der Waals surface area contributed by atoms with Crippen molar-refractivity contribution in [3.05, 3.63) is 70.8 Å². The first-order valence-electron chi connectivity index (χ1n) is 23.6. The van der Waals surface area contributed by atoms with Crippen molar-refractivity contribution in [2.24, 2.45) is 11.3 Å². The van der Waals surface area contributed by atoms with Crippen molar-refractivity contribution < 1.29 is 33.4 Å². The summed E-state index contributed by atoms with van der Waals surface area (Å²) < 4.78 is 14.3. The van der Waals surface area contributed by atoms with Crippen LogP contribution in [0.1, 0.15) is 83.7 Å². The Balaban J connectivity index is 1.31. The van der Waals surface area contributed by atoms with Crippen LogP contribution >= 0.6 is 35.7 Å². The van der Waals surface area contributed by atoms with Gasteiger partial charge in [-0.1, -0.05) is 40.3 Å². The van der Waals surface area contributed by atoms with E-state index in [1.165, 1.54) is 27.3 Å². The highest BCUT2D eigenvalue weighted by atomic mass is 32.2. The maximum atomic E-state index is 15.3. The number of aryl methyl sites for hydroxylation is 1. The van der Waals surface area contributed by atoms with Crippen LogP contribution in [0.2, 0.25) is 0 Å². The second-order valence-corrected chi connectivity index (χ2v) is 22.3. The van der Waals surface area contributed by atoms with Crippen LogP contribution in [0.5, 0.6) is 0 Å². The molecule has 5 atom stereocenters. The number of thioether (sulfide) groups is 1. The molecule has 1 unspecified atom stereocenters. The molecule has 0 saturated carbocycles. The summed E-state index contributed by atoms with van der Waals surface area (Å²) in [6, 6.07) is 8.75. The second-order valence-electron chi connectivity index (χ2n) is 19.5.